The number of unbranched alkanes of at least 4 members (excludes halogenated alkanes) is 32. The molecule has 6 heteroatoms. The van der Waals surface area contributed by atoms with Crippen molar-refractivity contribution in [3.05, 3.63) is 0 Å². The van der Waals surface area contributed by atoms with Crippen LogP contribution in [0.5, 0.6) is 0 Å². The van der Waals surface area contributed by atoms with E-state index in [4.69, 9.17) is 14.2 Å². The van der Waals surface area contributed by atoms with Crippen LogP contribution in [0.15, 0.2) is 0 Å². The van der Waals surface area contributed by atoms with Gasteiger partial charge in [-0.1, -0.05) is 273 Å². The Morgan fingerprint density at radius 2 is 0.556 bits per heavy atom. The predicted octanol–water partition coefficient (Wildman–Crippen LogP) is 18.3. The zero-order valence-corrected chi connectivity index (χ0v) is 43.4. The molecule has 374 valence electrons. The van der Waals surface area contributed by atoms with Crippen LogP contribution in [0.2, 0.25) is 0 Å². The van der Waals surface area contributed by atoms with Crippen molar-refractivity contribution >= 4 is 17.9 Å². The van der Waals surface area contributed by atoms with Crippen molar-refractivity contribution in [1.82, 2.24) is 0 Å². The van der Waals surface area contributed by atoms with Crippen LogP contribution in [-0.4, -0.2) is 37.2 Å². The first kappa shape index (κ1) is 61.4. The van der Waals surface area contributed by atoms with E-state index in [1.54, 1.807) is 0 Å². The lowest BCUT2D eigenvalue weighted by Gasteiger charge is -2.18. The van der Waals surface area contributed by atoms with E-state index in [0.717, 1.165) is 75.5 Å². The van der Waals surface area contributed by atoms with Gasteiger partial charge in [-0.15, -0.1) is 0 Å². The van der Waals surface area contributed by atoms with Crippen LogP contribution < -0.4 is 0 Å². The van der Waals surface area contributed by atoms with Gasteiger partial charge in [0.05, 0.1) is 0 Å². The average molecular weight is 892 g/mol. The quantitative estimate of drug-likeness (QED) is 0.0344. The first-order valence-corrected chi connectivity index (χ1v) is 28.1. The Hall–Kier alpha value is -1.59. The van der Waals surface area contributed by atoms with E-state index in [-0.39, 0.29) is 31.1 Å². The molecule has 6 nitrogen and oxygen atoms in total. The summed E-state index contributed by atoms with van der Waals surface area (Å²) in [4.78, 5) is 38.0. The molecular formula is C57H110O6. The zero-order chi connectivity index (χ0) is 46.3. The molecule has 0 aromatic carbocycles. The zero-order valence-electron chi connectivity index (χ0n) is 43.4. The third kappa shape index (κ3) is 49.7. The summed E-state index contributed by atoms with van der Waals surface area (Å²) in [5, 5.41) is 0. The van der Waals surface area contributed by atoms with Gasteiger partial charge in [-0.25, -0.2) is 0 Å². The van der Waals surface area contributed by atoms with Gasteiger partial charge in [-0.05, 0) is 37.0 Å². The summed E-state index contributed by atoms with van der Waals surface area (Å²) in [5.41, 5.74) is 0. The van der Waals surface area contributed by atoms with E-state index in [2.05, 4.69) is 41.5 Å². The van der Waals surface area contributed by atoms with Crippen molar-refractivity contribution in [2.75, 3.05) is 13.2 Å². The van der Waals surface area contributed by atoms with Gasteiger partial charge >= 0.3 is 17.9 Å². The van der Waals surface area contributed by atoms with Crippen LogP contribution in [0, 0.1) is 17.8 Å². The second-order valence-corrected chi connectivity index (χ2v) is 20.8. The highest BCUT2D eigenvalue weighted by atomic mass is 16.6. The van der Waals surface area contributed by atoms with E-state index in [1.807, 2.05) is 0 Å². The van der Waals surface area contributed by atoms with Crippen molar-refractivity contribution in [2.45, 2.75) is 317 Å². The van der Waals surface area contributed by atoms with Crippen molar-refractivity contribution in [2.24, 2.45) is 17.8 Å². The number of hydrogen-bond acceptors (Lipinski definition) is 6. The molecule has 0 rings (SSSR count). The lowest BCUT2D eigenvalue weighted by atomic mass is 9.99. The molecule has 0 spiro atoms. The molecule has 0 N–H and O–H groups in total. The predicted molar refractivity (Wildman–Crippen MR) is 270 cm³/mol. The molecule has 0 aromatic rings. The van der Waals surface area contributed by atoms with Gasteiger partial charge in [0.15, 0.2) is 6.10 Å². The Bertz CT molecular complexity index is 978. The maximum Gasteiger partial charge on any atom is 0.306 e. The molecule has 0 bridgehead atoms. The summed E-state index contributed by atoms with van der Waals surface area (Å²) in [6, 6.07) is 0. The van der Waals surface area contributed by atoms with Crippen molar-refractivity contribution in [1.29, 1.82) is 0 Å². The number of ether oxygens (including phenoxy) is 3. The third-order valence-electron chi connectivity index (χ3n) is 13.3. The fourth-order valence-corrected chi connectivity index (χ4v) is 8.61. The van der Waals surface area contributed by atoms with E-state index in [1.165, 1.54) is 193 Å². The number of carbonyl (C=O) groups excluding carboxylic acids is 3. The monoisotopic (exact) mass is 891 g/mol. The van der Waals surface area contributed by atoms with Gasteiger partial charge in [-0.2, -0.15) is 0 Å². The van der Waals surface area contributed by atoms with Crippen molar-refractivity contribution in [3.8, 4) is 0 Å². The molecule has 0 fully saturated rings. The molecule has 0 aliphatic rings. The Kier molecular flexibility index (Phi) is 47.1. The summed E-state index contributed by atoms with van der Waals surface area (Å²) in [5.74, 6) is 1.65. The standard InChI is InChI=1S/C57H110O6/c1-7-53(6)45-39-33-26-22-18-14-12-10-8-9-11-13-15-19-23-27-34-40-46-55(58)61-49-54(50-62-56(59)47-41-35-30-29-32-38-44-52(4)5)63-57(60)48-42-36-28-24-20-16-17-21-25-31-37-43-51(2)3/h51-54H,7-50H2,1-6H3/t53?,54-/m0/s1. The maximum atomic E-state index is 12.8. The molecule has 63 heavy (non-hydrogen) atoms. The van der Waals surface area contributed by atoms with Gasteiger partial charge in [0, 0.05) is 19.3 Å². The van der Waals surface area contributed by atoms with Gasteiger partial charge in [0.25, 0.3) is 0 Å². The Balaban J connectivity index is 4.18. The Labute approximate surface area is 393 Å². The number of hydrogen-bond donors (Lipinski definition) is 0. The highest BCUT2D eigenvalue weighted by Crippen LogP contribution is 2.19. The average Bonchev–Trinajstić information content (AvgIpc) is 3.25. The topological polar surface area (TPSA) is 78.9 Å². The summed E-state index contributed by atoms with van der Waals surface area (Å²) >= 11 is 0. The molecule has 0 aliphatic heterocycles. The van der Waals surface area contributed by atoms with Crippen LogP contribution in [0.1, 0.15) is 311 Å². The summed E-state index contributed by atoms with van der Waals surface area (Å²) < 4.78 is 16.8. The van der Waals surface area contributed by atoms with Crippen LogP contribution in [0.25, 0.3) is 0 Å². The molecular weight excluding hydrogens is 781 g/mol. The largest absolute Gasteiger partial charge is 0.462 e. The molecule has 2 atom stereocenters. The van der Waals surface area contributed by atoms with Crippen LogP contribution in [-0.2, 0) is 28.6 Å². The molecule has 0 saturated carbocycles. The summed E-state index contributed by atoms with van der Waals surface area (Å²) in [6.45, 7) is 13.7. The van der Waals surface area contributed by atoms with E-state index < -0.39 is 6.10 Å². The van der Waals surface area contributed by atoms with E-state index >= 15 is 0 Å². The first-order valence-electron chi connectivity index (χ1n) is 28.1. The minimum absolute atomic E-state index is 0.0648. The Morgan fingerprint density at radius 1 is 0.317 bits per heavy atom. The maximum absolute atomic E-state index is 12.8. The van der Waals surface area contributed by atoms with Crippen molar-refractivity contribution < 1.29 is 28.6 Å². The van der Waals surface area contributed by atoms with Crippen LogP contribution >= 0.6 is 0 Å². The molecule has 0 aliphatic carbocycles. The van der Waals surface area contributed by atoms with E-state index in [9.17, 15) is 14.4 Å². The van der Waals surface area contributed by atoms with Gasteiger partial charge in [0.2, 0.25) is 0 Å². The van der Waals surface area contributed by atoms with Gasteiger partial charge < -0.3 is 14.2 Å². The lowest BCUT2D eigenvalue weighted by molar-refractivity contribution is -0.167. The third-order valence-corrected chi connectivity index (χ3v) is 13.3. The highest BCUT2D eigenvalue weighted by molar-refractivity contribution is 5.71. The second-order valence-electron chi connectivity index (χ2n) is 20.8. The SMILES string of the molecule is CCC(C)CCCCCCCCCCCCCCCCCCCCC(=O)OC[C@@H](COC(=O)CCCCCCCCC(C)C)OC(=O)CCCCCCCCCCCCCC(C)C. The molecule has 0 heterocycles. The van der Waals surface area contributed by atoms with Gasteiger partial charge in [-0.3, -0.25) is 14.4 Å². The second kappa shape index (κ2) is 48.3. The number of carbonyl (C=O) groups is 3. The summed E-state index contributed by atoms with van der Waals surface area (Å²) in [6.07, 6.45) is 49.7. The Morgan fingerprint density at radius 3 is 0.825 bits per heavy atom. The normalized spacial score (nSPS) is 12.6. The smallest absolute Gasteiger partial charge is 0.306 e. The van der Waals surface area contributed by atoms with Gasteiger partial charge in [0.1, 0.15) is 13.2 Å². The number of esters is 3. The fraction of sp³-hybridized carbons (Fsp3) is 0.947. The molecule has 0 aromatic heterocycles. The van der Waals surface area contributed by atoms with Crippen LogP contribution in [0.3, 0.4) is 0 Å². The first-order chi connectivity index (χ1) is 30.6. The highest BCUT2D eigenvalue weighted by Gasteiger charge is 2.19. The van der Waals surface area contributed by atoms with Crippen LogP contribution in [0.4, 0.5) is 0 Å². The minimum atomic E-state index is -0.763. The van der Waals surface area contributed by atoms with Crippen molar-refractivity contribution in [3.63, 3.8) is 0 Å². The molecule has 0 amide bonds. The minimum Gasteiger partial charge on any atom is -0.462 e. The molecule has 0 radical (unpaired) electrons. The summed E-state index contributed by atoms with van der Waals surface area (Å²) in [7, 11) is 0. The molecule has 0 saturated heterocycles. The fourth-order valence-electron chi connectivity index (χ4n) is 8.61. The number of rotatable bonds is 50. The molecule has 1 unspecified atom stereocenters. The van der Waals surface area contributed by atoms with E-state index in [0.29, 0.717) is 19.3 Å². The lowest BCUT2D eigenvalue weighted by Crippen LogP contribution is -2.30.